The number of amides is 1. The van der Waals surface area contributed by atoms with Crippen LogP contribution in [0.15, 0.2) is 30.3 Å². The Balaban J connectivity index is 2.03. The van der Waals surface area contributed by atoms with Gasteiger partial charge in [0.1, 0.15) is 5.75 Å². The molecule has 1 unspecified atom stereocenters. The second-order valence-corrected chi connectivity index (χ2v) is 6.88. The summed E-state index contributed by atoms with van der Waals surface area (Å²) in [4.78, 5) is 12.4. The van der Waals surface area contributed by atoms with Gasteiger partial charge in [-0.25, -0.2) is 0 Å². The van der Waals surface area contributed by atoms with Crippen molar-refractivity contribution in [3.05, 3.63) is 63.7 Å². The van der Waals surface area contributed by atoms with E-state index in [9.17, 15) is 4.79 Å². The largest absolute Gasteiger partial charge is 0.483 e. The highest BCUT2D eigenvalue weighted by Gasteiger charge is 2.15. The third-order valence-electron chi connectivity index (χ3n) is 4.67. The van der Waals surface area contributed by atoms with Gasteiger partial charge in [0.25, 0.3) is 5.91 Å². The lowest BCUT2D eigenvalue weighted by Crippen LogP contribution is -2.32. The zero-order valence-electron chi connectivity index (χ0n) is 16.2. The molecule has 0 fully saturated rings. The molecule has 0 radical (unpaired) electrons. The number of nitrogens with one attached hydrogen (secondary N) is 1. The van der Waals surface area contributed by atoms with Crippen LogP contribution in [-0.4, -0.2) is 12.5 Å². The fourth-order valence-electron chi connectivity index (χ4n) is 3.15. The third kappa shape index (κ3) is 4.85. The molecule has 0 aliphatic heterocycles. The summed E-state index contributed by atoms with van der Waals surface area (Å²) in [6.45, 7) is 12.4. The highest BCUT2D eigenvalue weighted by Crippen LogP contribution is 2.24. The molecule has 1 amide bonds. The summed E-state index contributed by atoms with van der Waals surface area (Å²) in [6.07, 6.45) is 0.845. The van der Waals surface area contributed by atoms with Gasteiger partial charge in [-0.2, -0.15) is 0 Å². The highest BCUT2D eigenvalue weighted by molar-refractivity contribution is 5.78. The first-order valence-corrected chi connectivity index (χ1v) is 8.89. The van der Waals surface area contributed by atoms with Gasteiger partial charge < -0.3 is 10.1 Å². The summed E-state index contributed by atoms with van der Waals surface area (Å²) in [5, 5.41) is 3.10. The van der Waals surface area contributed by atoms with E-state index < -0.39 is 0 Å². The number of ether oxygens (including phenoxy) is 1. The van der Waals surface area contributed by atoms with Crippen LogP contribution < -0.4 is 10.1 Å². The maximum atomic E-state index is 12.4. The van der Waals surface area contributed by atoms with Crippen molar-refractivity contribution >= 4 is 5.91 Å². The van der Waals surface area contributed by atoms with Crippen LogP contribution in [0.3, 0.4) is 0 Å². The quantitative estimate of drug-likeness (QED) is 0.815. The van der Waals surface area contributed by atoms with E-state index in [0.717, 1.165) is 23.3 Å². The van der Waals surface area contributed by atoms with Crippen molar-refractivity contribution in [2.24, 2.45) is 0 Å². The van der Waals surface area contributed by atoms with E-state index in [-0.39, 0.29) is 18.6 Å². The maximum Gasteiger partial charge on any atom is 0.258 e. The van der Waals surface area contributed by atoms with Gasteiger partial charge in [0, 0.05) is 0 Å². The molecule has 2 aromatic carbocycles. The lowest BCUT2D eigenvalue weighted by molar-refractivity contribution is -0.123. The predicted molar refractivity (Wildman–Crippen MR) is 103 cm³/mol. The van der Waals surface area contributed by atoms with E-state index in [4.69, 9.17) is 4.74 Å². The minimum absolute atomic E-state index is 0.0112. The van der Waals surface area contributed by atoms with Gasteiger partial charge >= 0.3 is 0 Å². The standard InChI is InChI=1S/C22H29NO2/c1-7-20(19-9-8-14(2)10-17(19)5)23-22(24)13-25-21-12-15(3)11-16(4)18(21)6/h8-12,20H,7,13H2,1-6H3,(H,23,24). The molecule has 0 saturated heterocycles. The summed E-state index contributed by atoms with van der Waals surface area (Å²) in [5.74, 6) is 0.692. The normalized spacial score (nSPS) is 11.9. The molecule has 3 nitrogen and oxygen atoms in total. The third-order valence-corrected chi connectivity index (χ3v) is 4.67. The number of benzene rings is 2. The number of carbonyl (C=O) groups excluding carboxylic acids is 1. The predicted octanol–water partition coefficient (Wildman–Crippen LogP) is 4.88. The molecule has 0 aromatic heterocycles. The van der Waals surface area contributed by atoms with E-state index in [0.29, 0.717) is 0 Å². The molecule has 0 spiro atoms. The first-order chi connectivity index (χ1) is 11.8. The molecule has 1 N–H and O–H groups in total. The van der Waals surface area contributed by atoms with Gasteiger partial charge in [-0.1, -0.05) is 36.8 Å². The van der Waals surface area contributed by atoms with Crippen molar-refractivity contribution in [2.45, 2.75) is 54.0 Å². The van der Waals surface area contributed by atoms with Gasteiger partial charge in [-0.3, -0.25) is 4.79 Å². The summed E-state index contributed by atoms with van der Waals surface area (Å²) >= 11 is 0. The van der Waals surface area contributed by atoms with Crippen LogP contribution in [0.1, 0.15) is 52.8 Å². The van der Waals surface area contributed by atoms with Crippen molar-refractivity contribution in [1.82, 2.24) is 5.32 Å². The molecular formula is C22H29NO2. The zero-order valence-corrected chi connectivity index (χ0v) is 16.2. The molecule has 0 saturated carbocycles. The van der Waals surface area contributed by atoms with Crippen molar-refractivity contribution in [2.75, 3.05) is 6.61 Å². The summed E-state index contributed by atoms with van der Waals surface area (Å²) in [5.41, 5.74) is 7.01. The minimum atomic E-state index is -0.0922. The second kappa shape index (κ2) is 8.19. The Bertz CT molecular complexity index is 765. The van der Waals surface area contributed by atoms with Crippen LogP contribution >= 0.6 is 0 Å². The first-order valence-electron chi connectivity index (χ1n) is 8.89. The number of aryl methyl sites for hydroxylation is 4. The van der Waals surface area contributed by atoms with Crippen molar-refractivity contribution in [1.29, 1.82) is 0 Å². The lowest BCUT2D eigenvalue weighted by Gasteiger charge is -2.20. The molecule has 2 rings (SSSR count). The van der Waals surface area contributed by atoms with Crippen LogP contribution in [0.4, 0.5) is 0 Å². The van der Waals surface area contributed by atoms with Crippen LogP contribution in [0, 0.1) is 34.6 Å². The minimum Gasteiger partial charge on any atom is -0.483 e. The highest BCUT2D eigenvalue weighted by atomic mass is 16.5. The monoisotopic (exact) mass is 339 g/mol. The molecule has 2 aromatic rings. The molecule has 0 bridgehead atoms. The zero-order chi connectivity index (χ0) is 18.6. The Morgan fingerprint density at radius 2 is 1.68 bits per heavy atom. The molecule has 0 heterocycles. The fraction of sp³-hybridized carbons (Fsp3) is 0.409. The Kier molecular flexibility index (Phi) is 6.24. The fourth-order valence-corrected chi connectivity index (χ4v) is 3.15. The van der Waals surface area contributed by atoms with E-state index in [1.165, 1.54) is 22.3 Å². The number of carbonyl (C=O) groups is 1. The van der Waals surface area contributed by atoms with E-state index in [1.54, 1.807) is 0 Å². The maximum absolute atomic E-state index is 12.4. The molecule has 1 atom stereocenters. The Morgan fingerprint density at radius 1 is 1.00 bits per heavy atom. The number of hydrogen-bond donors (Lipinski definition) is 1. The smallest absolute Gasteiger partial charge is 0.258 e. The van der Waals surface area contributed by atoms with Gasteiger partial charge in [0.05, 0.1) is 6.04 Å². The molecule has 3 heteroatoms. The van der Waals surface area contributed by atoms with Crippen molar-refractivity contribution < 1.29 is 9.53 Å². The second-order valence-electron chi connectivity index (χ2n) is 6.88. The van der Waals surface area contributed by atoms with Crippen LogP contribution in [-0.2, 0) is 4.79 Å². The molecule has 134 valence electrons. The van der Waals surface area contributed by atoms with Crippen LogP contribution in [0.2, 0.25) is 0 Å². The lowest BCUT2D eigenvalue weighted by atomic mass is 9.97. The molecule has 0 aliphatic rings. The van der Waals surface area contributed by atoms with E-state index in [2.05, 4.69) is 57.3 Å². The Hall–Kier alpha value is -2.29. The number of rotatable bonds is 6. The summed E-state index contributed by atoms with van der Waals surface area (Å²) in [6, 6.07) is 10.5. The van der Waals surface area contributed by atoms with Gasteiger partial charge in [-0.15, -0.1) is 0 Å². The molecule has 25 heavy (non-hydrogen) atoms. The SMILES string of the molecule is CCC(NC(=O)COc1cc(C)cc(C)c1C)c1ccc(C)cc1C. The average Bonchev–Trinajstić information content (AvgIpc) is 2.55. The molecule has 0 aliphatic carbocycles. The van der Waals surface area contributed by atoms with E-state index in [1.807, 2.05) is 19.9 Å². The summed E-state index contributed by atoms with van der Waals surface area (Å²) < 4.78 is 5.78. The molecular weight excluding hydrogens is 310 g/mol. The van der Waals surface area contributed by atoms with Crippen molar-refractivity contribution in [3.63, 3.8) is 0 Å². The van der Waals surface area contributed by atoms with Crippen molar-refractivity contribution in [3.8, 4) is 5.75 Å². The topological polar surface area (TPSA) is 38.3 Å². The number of hydrogen-bond acceptors (Lipinski definition) is 2. The van der Waals surface area contributed by atoms with Crippen LogP contribution in [0.5, 0.6) is 5.75 Å². The first kappa shape index (κ1) is 19.0. The average molecular weight is 339 g/mol. The van der Waals surface area contributed by atoms with Gasteiger partial charge in [-0.05, 0) is 74.9 Å². The van der Waals surface area contributed by atoms with Gasteiger partial charge in [0.15, 0.2) is 6.61 Å². The van der Waals surface area contributed by atoms with Gasteiger partial charge in [0.2, 0.25) is 0 Å². The Labute approximate surface area is 151 Å². The van der Waals surface area contributed by atoms with E-state index >= 15 is 0 Å². The Morgan fingerprint density at radius 3 is 2.32 bits per heavy atom. The summed E-state index contributed by atoms with van der Waals surface area (Å²) in [7, 11) is 0. The van der Waals surface area contributed by atoms with Crippen LogP contribution in [0.25, 0.3) is 0 Å².